The molecule has 0 amide bonds. The van der Waals surface area contributed by atoms with E-state index in [0.29, 0.717) is 0 Å². The molecule has 0 atom stereocenters. The summed E-state index contributed by atoms with van der Waals surface area (Å²) in [4.78, 5) is 0. The molecule has 0 aromatic carbocycles. The first kappa shape index (κ1) is 19.1. The van der Waals surface area contributed by atoms with Crippen molar-refractivity contribution in [2.45, 2.75) is 71.3 Å². The van der Waals surface area contributed by atoms with Crippen LogP contribution in [0.15, 0.2) is 24.5 Å². The van der Waals surface area contributed by atoms with E-state index in [1.807, 2.05) is 24.5 Å². The number of aryl methyl sites for hydroxylation is 1. The Morgan fingerprint density at radius 1 is 0.900 bits per heavy atom. The third-order valence-corrected chi connectivity index (χ3v) is 3.54. The van der Waals surface area contributed by atoms with Crippen LogP contribution in [0.4, 0.5) is 0 Å². The number of halogens is 1. The van der Waals surface area contributed by atoms with Gasteiger partial charge >= 0.3 is 0 Å². The minimum absolute atomic E-state index is 0. The average molecular weight is 339 g/mol. The quantitative estimate of drug-likeness (QED) is 0.468. The van der Waals surface area contributed by atoms with E-state index in [0.717, 1.165) is 12.1 Å². The number of nitrogens with zero attached hydrogens (tertiary/aromatic N) is 2. The number of rotatable bonds is 10. The smallest absolute Gasteiger partial charge is 0.170 e. The molecule has 2 nitrogen and oxygen atoms in total. The van der Waals surface area contributed by atoms with Crippen LogP contribution < -0.4 is 21.5 Å². The van der Waals surface area contributed by atoms with Crippen molar-refractivity contribution in [3.63, 3.8) is 0 Å². The number of nitriles is 1. The Hall–Kier alpha value is -0.880. The van der Waals surface area contributed by atoms with E-state index < -0.39 is 0 Å². The topological polar surface area (TPSA) is 27.7 Å². The van der Waals surface area contributed by atoms with Crippen LogP contribution in [0.5, 0.6) is 0 Å². The molecule has 0 spiro atoms. The highest BCUT2D eigenvalue weighted by atomic mass is 79.9. The van der Waals surface area contributed by atoms with Crippen molar-refractivity contribution < 1.29 is 21.5 Å². The van der Waals surface area contributed by atoms with Gasteiger partial charge in [-0.25, -0.2) is 4.57 Å². The maximum Gasteiger partial charge on any atom is 0.170 e. The second-order valence-corrected chi connectivity index (χ2v) is 5.26. The Morgan fingerprint density at radius 3 is 1.90 bits per heavy atom. The lowest BCUT2D eigenvalue weighted by Crippen LogP contribution is -3.00. The second-order valence-electron chi connectivity index (χ2n) is 5.26. The van der Waals surface area contributed by atoms with Gasteiger partial charge in [-0.3, -0.25) is 0 Å². The van der Waals surface area contributed by atoms with E-state index in [1.165, 1.54) is 57.8 Å². The lowest BCUT2D eigenvalue weighted by molar-refractivity contribution is -0.697. The summed E-state index contributed by atoms with van der Waals surface area (Å²) in [6.45, 7) is 3.34. The van der Waals surface area contributed by atoms with Crippen LogP contribution in [-0.4, -0.2) is 0 Å². The van der Waals surface area contributed by atoms with Gasteiger partial charge in [-0.15, -0.1) is 0 Å². The minimum Gasteiger partial charge on any atom is -1.00 e. The molecule has 0 N–H and O–H groups in total. The van der Waals surface area contributed by atoms with Crippen molar-refractivity contribution in [3.8, 4) is 6.07 Å². The summed E-state index contributed by atoms with van der Waals surface area (Å²) < 4.78 is 2.17. The van der Waals surface area contributed by atoms with Gasteiger partial charge < -0.3 is 17.0 Å². The zero-order valence-corrected chi connectivity index (χ0v) is 14.2. The number of unbranched alkanes of at least 4 members (excludes halogenated alkanes) is 8. The molecule has 0 fully saturated rings. The highest BCUT2D eigenvalue weighted by Crippen LogP contribution is 2.09. The van der Waals surface area contributed by atoms with Crippen molar-refractivity contribution in [2.24, 2.45) is 0 Å². The fourth-order valence-electron chi connectivity index (χ4n) is 2.29. The van der Waals surface area contributed by atoms with Gasteiger partial charge in [0.15, 0.2) is 12.4 Å². The zero-order valence-electron chi connectivity index (χ0n) is 12.7. The van der Waals surface area contributed by atoms with Gasteiger partial charge in [0.05, 0.1) is 11.6 Å². The summed E-state index contributed by atoms with van der Waals surface area (Å²) in [5.41, 5.74) is 0.739. The monoisotopic (exact) mass is 338 g/mol. The second kappa shape index (κ2) is 13.1. The first-order chi connectivity index (χ1) is 9.36. The first-order valence-corrected chi connectivity index (χ1v) is 7.76. The molecule has 1 aromatic rings. The normalized spacial score (nSPS) is 9.80. The van der Waals surface area contributed by atoms with Gasteiger partial charge in [0.25, 0.3) is 0 Å². The molecular weight excluding hydrogens is 312 g/mol. The molecule has 1 heterocycles. The van der Waals surface area contributed by atoms with Crippen molar-refractivity contribution in [3.05, 3.63) is 30.1 Å². The van der Waals surface area contributed by atoms with E-state index in [4.69, 9.17) is 5.26 Å². The summed E-state index contributed by atoms with van der Waals surface area (Å²) in [6.07, 6.45) is 16.3. The number of aromatic nitrogens is 1. The van der Waals surface area contributed by atoms with Crippen LogP contribution in [0.1, 0.15) is 70.3 Å². The van der Waals surface area contributed by atoms with Crippen LogP contribution in [0.3, 0.4) is 0 Å². The van der Waals surface area contributed by atoms with Crippen LogP contribution in [0.2, 0.25) is 0 Å². The SMILES string of the molecule is CCCCCCCCCCC[n+]1ccc(C#N)cc1.[Br-]. The Labute approximate surface area is 134 Å². The number of hydrogen-bond donors (Lipinski definition) is 0. The molecule has 1 aromatic heterocycles. The molecule has 0 radical (unpaired) electrons. The van der Waals surface area contributed by atoms with Gasteiger partial charge in [-0.1, -0.05) is 51.9 Å². The fourth-order valence-corrected chi connectivity index (χ4v) is 2.29. The Kier molecular flexibility index (Phi) is 12.5. The number of pyridine rings is 1. The molecule has 3 heteroatoms. The molecule has 1 rings (SSSR count). The predicted molar refractivity (Wildman–Crippen MR) is 78.6 cm³/mol. The molecule has 0 aliphatic rings. The van der Waals surface area contributed by atoms with E-state index in [1.54, 1.807) is 0 Å². The lowest BCUT2D eigenvalue weighted by atomic mass is 10.1. The molecule has 20 heavy (non-hydrogen) atoms. The number of hydrogen-bond acceptors (Lipinski definition) is 1. The Bertz CT molecular complexity index is 368. The third-order valence-electron chi connectivity index (χ3n) is 3.54. The van der Waals surface area contributed by atoms with Crippen molar-refractivity contribution >= 4 is 0 Å². The van der Waals surface area contributed by atoms with Crippen molar-refractivity contribution in [1.82, 2.24) is 0 Å². The van der Waals surface area contributed by atoms with Gasteiger partial charge in [-0.05, 0) is 6.42 Å². The fraction of sp³-hybridized carbons (Fsp3) is 0.647. The molecule has 0 aliphatic carbocycles. The molecule has 0 saturated heterocycles. The predicted octanol–water partition coefficient (Wildman–Crippen LogP) is 1.38. The van der Waals surface area contributed by atoms with E-state index in [9.17, 15) is 0 Å². The molecule has 0 unspecified atom stereocenters. The highest BCUT2D eigenvalue weighted by Gasteiger charge is 2.00. The lowest BCUT2D eigenvalue weighted by Gasteiger charge is -2.00. The van der Waals surface area contributed by atoms with Crippen LogP contribution in [-0.2, 0) is 6.54 Å². The largest absolute Gasteiger partial charge is 1.00 e. The van der Waals surface area contributed by atoms with Crippen molar-refractivity contribution in [2.75, 3.05) is 0 Å². The molecule has 0 saturated carbocycles. The van der Waals surface area contributed by atoms with Crippen LogP contribution >= 0.6 is 0 Å². The van der Waals surface area contributed by atoms with Gasteiger partial charge in [0.1, 0.15) is 6.54 Å². The summed E-state index contributed by atoms with van der Waals surface area (Å²) in [5.74, 6) is 0. The molecular formula is C17H27BrN2. The van der Waals surface area contributed by atoms with Gasteiger partial charge in [0, 0.05) is 18.6 Å². The van der Waals surface area contributed by atoms with Gasteiger partial charge in [0.2, 0.25) is 0 Å². The Balaban J connectivity index is 0.00000361. The van der Waals surface area contributed by atoms with Gasteiger partial charge in [-0.2, -0.15) is 5.26 Å². The van der Waals surface area contributed by atoms with Crippen LogP contribution in [0, 0.1) is 11.3 Å². The maximum absolute atomic E-state index is 8.72. The third kappa shape index (κ3) is 9.09. The average Bonchev–Trinajstić information content (AvgIpc) is 2.46. The van der Waals surface area contributed by atoms with Crippen LogP contribution in [0.25, 0.3) is 0 Å². The molecule has 0 bridgehead atoms. The molecule has 112 valence electrons. The first-order valence-electron chi connectivity index (χ1n) is 7.76. The summed E-state index contributed by atoms with van der Waals surface area (Å²) >= 11 is 0. The maximum atomic E-state index is 8.72. The molecule has 0 aliphatic heterocycles. The Morgan fingerprint density at radius 2 is 1.40 bits per heavy atom. The summed E-state index contributed by atoms with van der Waals surface area (Å²) in [7, 11) is 0. The summed E-state index contributed by atoms with van der Waals surface area (Å²) in [5, 5.41) is 8.72. The van der Waals surface area contributed by atoms with Crippen molar-refractivity contribution in [1.29, 1.82) is 5.26 Å². The van der Waals surface area contributed by atoms with E-state index in [2.05, 4.69) is 17.6 Å². The zero-order chi connectivity index (χ0) is 13.8. The van der Waals surface area contributed by atoms with E-state index >= 15 is 0 Å². The standard InChI is InChI=1S/C17H27N2.BrH/c1-2-3-4-5-6-7-8-9-10-13-19-14-11-17(16-18)12-15-19;/h11-12,14-15H,2-10,13H2,1H3;1H/q+1;/p-1. The summed E-state index contributed by atoms with van der Waals surface area (Å²) in [6, 6.07) is 5.91. The van der Waals surface area contributed by atoms with E-state index in [-0.39, 0.29) is 17.0 Å². The highest BCUT2D eigenvalue weighted by molar-refractivity contribution is 5.23. The minimum atomic E-state index is 0.